The van der Waals surface area contributed by atoms with Crippen molar-refractivity contribution in [3.63, 3.8) is 0 Å². The minimum Gasteiger partial charge on any atom is -0.493 e. The number of hydrogen-bond acceptors (Lipinski definition) is 4. The normalized spacial score (nSPS) is 21.3. The number of benzene rings is 1. The molecule has 0 bridgehead atoms. The molecule has 1 unspecified atom stereocenters. The summed E-state index contributed by atoms with van der Waals surface area (Å²) in [5.74, 6) is 0.877. The van der Waals surface area contributed by atoms with Crippen LogP contribution in [0.1, 0.15) is 22.4 Å². The minimum atomic E-state index is -0.398. The number of hydrogen-bond donors (Lipinski definition) is 2. The van der Waals surface area contributed by atoms with Gasteiger partial charge in [-0.15, -0.1) is 11.3 Å². The Labute approximate surface area is 123 Å². The lowest BCUT2D eigenvalue weighted by Gasteiger charge is -2.38. The number of rotatable bonds is 4. The van der Waals surface area contributed by atoms with Crippen LogP contribution < -0.4 is 10.1 Å². The Bertz CT molecular complexity index is 596. The molecule has 1 aromatic carbocycles. The van der Waals surface area contributed by atoms with E-state index < -0.39 is 5.54 Å². The number of fused-ring (bicyclic) bond motifs is 1. The van der Waals surface area contributed by atoms with Gasteiger partial charge in [0.2, 0.25) is 0 Å². The van der Waals surface area contributed by atoms with Crippen molar-refractivity contribution in [2.45, 2.75) is 25.4 Å². The van der Waals surface area contributed by atoms with Crippen LogP contribution in [0.15, 0.2) is 35.7 Å². The molecule has 2 N–H and O–H groups in total. The maximum Gasteiger partial charge on any atom is 0.124 e. The van der Waals surface area contributed by atoms with Crippen molar-refractivity contribution in [3.8, 4) is 5.75 Å². The van der Waals surface area contributed by atoms with E-state index in [-0.39, 0.29) is 6.61 Å². The molecule has 20 heavy (non-hydrogen) atoms. The topological polar surface area (TPSA) is 41.5 Å². The molecule has 4 heteroatoms. The number of ether oxygens (including phenoxy) is 1. The molecule has 0 saturated heterocycles. The molecule has 0 saturated carbocycles. The molecule has 1 aliphatic heterocycles. The predicted octanol–water partition coefficient (Wildman–Crippen LogP) is 2.82. The molecule has 0 aliphatic carbocycles. The molecule has 3 rings (SSSR count). The highest BCUT2D eigenvalue weighted by atomic mass is 32.1. The van der Waals surface area contributed by atoms with Gasteiger partial charge < -0.3 is 15.2 Å². The highest BCUT2D eigenvalue weighted by molar-refractivity contribution is 7.10. The van der Waals surface area contributed by atoms with Crippen molar-refractivity contribution in [1.82, 2.24) is 5.32 Å². The molecule has 1 aromatic heterocycles. The van der Waals surface area contributed by atoms with Gasteiger partial charge in [-0.3, -0.25) is 0 Å². The molecule has 0 fully saturated rings. The number of aliphatic hydroxyl groups excluding tert-OH is 1. The third-order valence-electron chi connectivity index (χ3n) is 3.87. The van der Waals surface area contributed by atoms with Gasteiger partial charge in [-0.1, -0.05) is 18.2 Å². The second-order valence-electron chi connectivity index (χ2n) is 5.25. The SMILES string of the molecule is Cc1cc(CNC2(CO)CCOc3ccccc32)cs1. The van der Waals surface area contributed by atoms with Crippen molar-refractivity contribution < 1.29 is 9.84 Å². The molecule has 0 spiro atoms. The first-order valence-electron chi connectivity index (χ1n) is 6.86. The van der Waals surface area contributed by atoms with E-state index in [9.17, 15) is 5.11 Å². The van der Waals surface area contributed by atoms with Crippen LogP contribution in [0.2, 0.25) is 0 Å². The monoisotopic (exact) mass is 289 g/mol. The summed E-state index contributed by atoms with van der Waals surface area (Å²) in [5, 5.41) is 15.7. The Morgan fingerprint density at radius 3 is 3.00 bits per heavy atom. The largest absolute Gasteiger partial charge is 0.493 e. The van der Waals surface area contributed by atoms with Gasteiger partial charge in [0.1, 0.15) is 5.75 Å². The van der Waals surface area contributed by atoms with Crippen molar-refractivity contribution in [2.24, 2.45) is 0 Å². The zero-order valence-corrected chi connectivity index (χ0v) is 12.4. The van der Waals surface area contributed by atoms with Gasteiger partial charge in [-0.05, 0) is 30.0 Å². The summed E-state index contributed by atoms with van der Waals surface area (Å²) in [6.45, 7) is 3.59. The molecule has 0 radical (unpaired) electrons. The second-order valence-corrected chi connectivity index (χ2v) is 6.37. The van der Waals surface area contributed by atoms with Crippen LogP contribution in [0.25, 0.3) is 0 Å². The van der Waals surface area contributed by atoms with E-state index in [1.54, 1.807) is 11.3 Å². The fraction of sp³-hybridized carbons (Fsp3) is 0.375. The third-order valence-corrected chi connectivity index (χ3v) is 4.78. The van der Waals surface area contributed by atoms with E-state index in [0.29, 0.717) is 6.61 Å². The van der Waals surface area contributed by atoms with Crippen molar-refractivity contribution in [2.75, 3.05) is 13.2 Å². The zero-order valence-electron chi connectivity index (χ0n) is 11.6. The maximum absolute atomic E-state index is 9.96. The molecule has 2 heterocycles. The smallest absolute Gasteiger partial charge is 0.124 e. The van der Waals surface area contributed by atoms with E-state index >= 15 is 0 Å². The summed E-state index contributed by atoms with van der Waals surface area (Å²) in [5.41, 5.74) is 1.93. The number of aryl methyl sites for hydroxylation is 1. The van der Waals surface area contributed by atoms with Crippen LogP contribution in [0.4, 0.5) is 0 Å². The first kappa shape index (κ1) is 13.6. The van der Waals surface area contributed by atoms with E-state index in [1.807, 2.05) is 24.3 Å². The van der Waals surface area contributed by atoms with Gasteiger partial charge in [0.25, 0.3) is 0 Å². The average Bonchev–Trinajstić information content (AvgIpc) is 2.91. The Hall–Kier alpha value is -1.36. The van der Waals surface area contributed by atoms with Crippen molar-refractivity contribution in [3.05, 3.63) is 51.7 Å². The highest BCUT2D eigenvalue weighted by Gasteiger charge is 2.36. The van der Waals surface area contributed by atoms with E-state index in [0.717, 1.165) is 24.3 Å². The Balaban J connectivity index is 1.85. The summed E-state index contributed by atoms with van der Waals surface area (Å²) in [6.07, 6.45) is 0.781. The number of aliphatic hydroxyl groups is 1. The Kier molecular flexibility index (Phi) is 3.78. The molecule has 1 atom stereocenters. The Morgan fingerprint density at radius 2 is 2.25 bits per heavy atom. The first-order valence-corrected chi connectivity index (χ1v) is 7.74. The molecule has 2 aromatic rings. The summed E-state index contributed by atoms with van der Waals surface area (Å²) >= 11 is 1.76. The zero-order chi connectivity index (χ0) is 14.0. The lowest BCUT2D eigenvalue weighted by atomic mass is 9.85. The summed E-state index contributed by atoms with van der Waals surface area (Å²) in [7, 11) is 0. The van der Waals surface area contributed by atoms with Gasteiger partial charge in [0.15, 0.2) is 0 Å². The fourth-order valence-corrected chi connectivity index (χ4v) is 3.43. The lowest BCUT2D eigenvalue weighted by molar-refractivity contribution is 0.106. The van der Waals surface area contributed by atoms with Crippen LogP contribution in [-0.4, -0.2) is 18.3 Å². The van der Waals surface area contributed by atoms with E-state index in [1.165, 1.54) is 10.4 Å². The average molecular weight is 289 g/mol. The maximum atomic E-state index is 9.96. The minimum absolute atomic E-state index is 0.0799. The van der Waals surface area contributed by atoms with Crippen LogP contribution >= 0.6 is 11.3 Å². The fourth-order valence-electron chi connectivity index (χ4n) is 2.72. The van der Waals surface area contributed by atoms with Crippen molar-refractivity contribution >= 4 is 11.3 Å². The third kappa shape index (κ3) is 2.46. The second kappa shape index (κ2) is 5.56. The molecular weight excluding hydrogens is 270 g/mol. The van der Waals surface area contributed by atoms with Gasteiger partial charge in [0.05, 0.1) is 18.8 Å². The van der Waals surface area contributed by atoms with Gasteiger partial charge >= 0.3 is 0 Å². The number of thiophene rings is 1. The first-order chi connectivity index (χ1) is 9.73. The number of nitrogens with one attached hydrogen (secondary N) is 1. The van der Waals surface area contributed by atoms with Crippen LogP contribution in [0, 0.1) is 6.92 Å². The van der Waals surface area contributed by atoms with Gasteiger partial charge in [-0.25, -0.2) is 0 Å². The van der Waals surface area contributed by atoms with Gasteiger partial charge in [-0.2, -0.15) is 0 Å². The standard InChI is InChI=1S/C16H19NO2S/c1-12-8-13(10-20-12)9-17-16(11-18)6-7-19-15-5-3-2-4-14(15)16/h2-5,8,10,17-18H,6-7,9,11H2,1H3. The summed E-state index contributed by atoms with van der Waals surface area (Å²) < 4.78 is 5.69. The molecular formula is C16H19NO2S. The highest BCUT2D eigenvalue weighted by Crippen LogP contribution is 2.36. The molecule has 3 nitrogen and oxygen atoms in total. The Morgan fingerprint density at radius 1 is 1.40 bits per heavy atom. The summed E-state index contributed by atoms with van der Waals surface area (Å²) in [6, 6.07) is 10.2. The molecule has 0 amide bonds. The molecule has 1 aliphatic rings. The predicted molar refractivity (Wildman–Crippen MR) is 81.2 cm³/mol. The van der Waals surface area contributed by atoms with Gasteiger partial charge in [0, 0.05) is 23.4 Å². The quantitative estimate of drug-likeness (QED) is 0.909. The van der Waals surface area contributed by atoms with Crippen LogP contribution in [0.3, 0.4) is 0 Å². The lowest BCUT2D eigenvalue weighted by Crippen LogP contribution is -2.48. The summed E-state index contributed by atoms with van der Waals surface area (Å²) in [4.78, 5) is 1.31. The van der Waals surface area contributed by atoms with E-state index in [4.69, 9.17) is 4.74 Å². The van der Waals surface area contributed by atoms with Crippen LogP contribution in [0.5, 0.6) is 5.75 Å². The van der Waals surface area contributed by atoms with Crippen molar-refractivity contribution in [1.29, 1.82) is 0 Å². The van der Waals surface area contributed by atoms with Crippen LogP contribution in [-0.2, 0) is 12.1 Å². The van der Waals surface area contributed by atoms with E-state index in [2.05, 4.69) is 23.7 Å². The number of para-hydroxylation sites is 1. The molecule has 106 valence electrons.